The highest BCUT2D eigenvalue weighted by Crippen LogP contribution is 2.24. The lowest BCUT2D eigenvalue weighted by Crippen LogP contribution is -2.58. The van der Waals surface area contributed by atoms with Gasteiger partial charge in [0.2, 0.25) is 11.8 Å². The number of nitrogens with zero attached hydrogens (tertiary/aromatic N) is 3. The number of aliphatic hydroxyl groups is 1. The Bertz CT molecular complexity index is 1840. The van der Waals surface area contributed by atoms with Crippen molar-refractivity contribution in [1.29, 1.82) is 0 Å². The summed E-state index contributed by atoms with van der Waals surface area (Å²) in [6.45, 7) is 5.53. The summed E-state index contributed by atoms with van der Waals surface area (Å²) < 4.78 is 5.66. The Labute approximate surface area is 286 Å². The van der Waals surface area contributed by atoms with Crippen LogP contribution in [-0.2, 0) is 20.8 Å². The van der Waals surface area contributed by atoms with E-state index in [0.29, 0.717) is 37.5 Å². The maximum atomic E-state index is 14.2. The van der Waals surface area contributed by atoms with Crippen molar-refractivity contribution >= 4 is 40.0 Å². The normalized spacial score (nSPS) is 18.3. The summed E-state index contributed by atoms with van der Waals surface area (Å²) in [5, 5.41) is 15.6. The molecule has 2 saturated heterocycles. The fourth-order valence-corrected chi connectivity index (χ4v) is 6.73. The number of nitrogens with one attached hydrogen (secondary N) is 1. The number of rotatable bonds is 10. The van der Waals surface area contributed by atoms with Crippen molar-refractivity contribution in [2.24, 2.45) is 0 Å². The number of ketones is 1. The first-order chi connectivity index (χ1) is 23.7. The van der Waals surface area contributed by atoms with Crippen LogP contribution in [0.5, 0.6) is 5.75 Å². The molecule has 254 valence electrons. The quantitative estimate of drug-likeness (QED) is 0.248. The lowest BCUT2D eigenvalue weighted by Gasteiger charge is -2.38. The summed E-state index contributed by atoms with van der Waals surface area (Å²) in [4.78, 5) is 58.3. The van der Waals surface area contributed by atoms with Crippen LogP contribution in [0.3, 0.4) is 0 Å². The lowest BCUT2D eigenvalue weighted by atomic mass is 10.00. The van der Waals surface area contributed by atoms with Gasteiger partial charge in [-0.3, -0.25) is 19.2 Å². The van der Waals surface area contributed by atoms with E-state index in [9.17, 15) is 24.3 Å². The summed E-state index contributed by atoms with van der Waals surface area (Å²) in [5.74, 6) is -0.808. The van der Waals surface area contributed by atoms with Gasteiger partial charge in [-0.1, -0.05) is 60.7 Å². The zero-order valence-electron chi connectivity index (χ0n) is 27.9. The second-order valence-electron chi connectivity index (χ2n) is 12.9. The van der Waals surface area contributed by atoms with Crippen molar-refractivity contribution in [3.05, 3.63) is 108 Å². The topological polar surface area (TPSA) is 119 Å². The second-order valence-corrected chi connectivity index (χ2v) is 12.9. The molecule has 0 aliphatic carbocycles. The first kappa shape index (κ1) is 33.7. The third-order valence-electron chi connectivity index (χ3n) is 9.44. The van der Waals surface area contributed by atoms with Crippen molar-refractivity contribution < 1.29 is 29.0 Å². The molecule has 0 aromatic heterocycles. The zero-order valence-corrected chi connectivity index (χ0v) is 27.9. The van der Waals surface area contributed by atoms with Crippen LogP contribution in [0.15, 0.2) is 91.0 Å². The lowest BCUT2D eigenvalue weighted by molar-refractivity contribution is -0.142. The molecule has 10 heteroatoms. The van der Waals surface area contributed by atoms with E-state index in [1.165, 1.54) is 17.4 Å². The van der Waals surface area contributed by atoms with Gasteiger partial charge in [0.05, 0.1) is 6.10 Å². The highest BCUT2D eigenvalue weighted by molar-refractivity contribution is 5.94. The average Bonchev–Trinajstić information content (AvgIpc) is 3.52. The molecule has 4 aromatic rings. The number of piperazine rings is 1. The van der Waals surface area contributed by atoms with Crippen LogP contribution in [0.25, 0.3) is 10.8 Å². The predicted molar refractivity (Wildman–Crippen MR) is 188 cm³/mol. The van der Waals surface area contributed by atoms with Crippen LogP contribution in [0.2, 0.25) is 0 Å². The Balaban J connectivity index is 1.16. The van der Waals surface area contributed by atoms with E-state index in [2.05, 4.69) is 29.3 Å². The van der Waals surface area contributed by atoms with Crippen LogP contribution >= 0.6 is 0 Å². The Kier molecular flexibility index (Phi) is 10.2. The van der Waals surface area contributed by atoms with Crippen molar-refractivity contribution in [1.82, 2.24) is 15.1 Å². The molecule has 4 aromatic carbocycles. The fraction of sp³-hybridized carbons (Fsp3) is 0.333. The number of ether oxygens (including phenoxy) is 1. The predicted octanol–water partition coefficient (Wildman–Crippen LogP) is 3.77. The van der Waals surface area contributed by atoms with Gasteiger partial charge in [-0.05, 0) is 66.1 Å². The van der Waals surface area contributed by atoms with Gasteiger partial charge in [0.1, 0.15) is 17.8 Å². The molecule has 2 heterocycles. The highest BCUT2D eigenvalue weighted by Gasteiger charge is 2.41. The smallest absolute Gasteiger partial charge is 0.261 e. The molecular formula is C39H42N4O6. The second kappa shape index (κ2) is 14.9. The van der Waals surface area contributed by atoms with E-state index in [1.807, 2.05) is 54.6 Å². The van der Waals surface area contributed by atoms with E-state index in [0.717, 1.165) is 22.0 Å². The number of aryl methyl sites for hydroxylation is 1. The minimum Gasteiger partial charge on any atom is -0.484 e. The molecule has 49 heavy (non-hydrogen) atoms. The van der Waals surface area contributed by atoms with Gasteiger partial charge in [-0.2, -0.15) is 0 Å². The number of β-amino-alcohol motifs (C(OH)–C–C–N with tert-alkyl or cyclic N) is 1. The standard InChI is InChI=1S/C39H42N4O6/c1-26-7-3-6-10-35(26)41-17-19-42(20-18-41)39(48)34(22-28-11-12-30-8-4-5-9-31(30)21-28)40-38(47)36-23-32(45)24-43(36)37(46)25-49-33-15-13-29(14-16-33)27(2)44/h3-16,21,32,34,36,45H,17-20,22-25H2,1-2H3,(H,40,47)/t32-,34?,36?/m1/s1. The number of aliphatic hydroxyl groups excluding tert-OH is 1. The minimum atomic E-state index is -0.962. The van der Waals surface area contributed by atoms with E-state index in [1.54, 1.807) is 29.2 Å². The summed E-state index contributed by atoms with van der Waals surface area (Å²) in [5.41, 5.74) is 3.76. The average molecular weight is 663 g/mol. The largest absolute Gasteiger partial charge is 0.484 e. The van der Waals surface area contributed by atoms with Crippen LogP contribution < -0.4 is 15.0 Å². The summed E-state index contributed by atoms with van der Waals surface area (Å²) in [6, 6.07) is 26.8. The number of anilines is 1. The van der Waals surface area contributed by atoms with Crippen molar-refractivity contribution in [3.8, 4) is 5.75 Å². The molecule has 2 N–H and O–H groups in total. The van der Waals surface area contributed by atoms with Crippen LogP contribution in [0, 0.1) is 6.92 Å². The van der Waals surface area contributed by atoms with Gasteiger partial charge >= 0.3 is 0 Å². The van der Waals surface area contributed by atoms with Crippen LogP contribution in [0.1, 0.15) is 34.8 Å². The number of hydrogen-bond donors (Lipinski definition) is 2. The number of benzene rings is 4. The third-order valence-corrected chi connectivity index (χ3v) is 9.44. The molecule has 2 fully saturated rings. The molecule has 2 aliphatic heterocycles. The Morgan fingerprint density at radius 3 is 2.29 bits per heavy atom. The number of Topliss-reactive ketones (excluding diaryl/α,β-unsaturated/α-hetero) is 1. The van der Waals surface area contributed by atoms with Gasteiger partial charge in [-0.15, -0.1) is 0 Å². The number of likely N-dealkylation sites (tertiary alicyclic amines) is 1. The monoisotopic (exact) mass is 662 g/mol. The molecule has 2 unspecified atom stereocenters. The summed E-state index contributed by atoms with van der Waals surface area (Å²) in [7, 11) is 0. The van der Waals surface area contributed by atoms with Gasteiger partial charge in [0, 0.05) is 56.8 Å². The molecule has 3 amide bonds. The van der Waals surface area contributed by atoms with E-state index in [4.69, 9.17) is 4.74 Å². The van der Waals surface area contributed by atoms with Gasteiger partial charge in [0.15, 0.2) is 12.4 Å². The Morgan fingerprint density at radius 1 is 0.878 bits per heavy atom. The molecule has 3 atom stereocenters. The van der Waals surface area contributed by atoms with E-state index in [-0.39, 0.29) is 37.7 Å². The van der Waals surface area contributed by atoms with Crippen molar-refractivity contribution in [2.45, 2.75) is 44.9 Å². The molecule has 0 saturated carbocycles. The molecule has 0 bridgehead atoms. The Morgan fingerprint density at radius 2 is 1.57 bits per heavy atom. The number of carbonyl (C=O) groups is 4. The molecule has 2 aliphatic rings. The van der Waals surface area contributed by atoms with E-state index < -0.39 is 30.0 Å². The number of hydrogen-bond acceptors (Lipinski definition) is 7. The van der Waals surface area contributed by atoms with Gasteiger partial charge in [0.25, 0.3) is 5.91 Å². The highest BCUT2D eigenvalue weighted by atomic mass is 16.5. The van der Waals surface area contributed by atoms with Crippen LogP contribution in [-0.4, -0.2) is 95.9 Å². The summed E-state index contributed by atoms with van der Waals surface area (Å²) in [6.07, 6.45) is -0.564. The minimum absolute atomic E-state index is 0.0201. The first-order valence-electron chi connectivity index (χ1n) is 16.7. The molecular weight excluding hydrogens is 620 g/mol. The molecule has 10 nitrogen and oxygen atoms in total. The SMILES string of the molecule is CC(=O)c1ccc(OCC(=O)N2C[C@H](O)CC2C(=O)NC(Cc2ccc3ccccc3c2)C(=O)N2CCN(c3ccccc3C)CC2)cc1. The number of carbonyl (C=O) groups excluding carboxylic acids is 4. The Hall–Kier alpha value is -5.22. The van der Waals surface area contributed by atoms with Gasteiger partial charge in [-0.25, -0.2) is 0 Å². The van der Waals surface area contributed by atoms with E-state index >= 15 is 0 Å². The maximum absolute atomic E-state index is 14.2. The number of fused-ring (bicyclic) bond motifs is 1. The van der Waals surface area contributed by atoms with Gasteiger partial charge < -0.3 is 29.9 Å². The molecule has 0 radical (unpaired) electrons. The maximum Gasteiger partial charge on any atom is 0.261 e. The molecule has 0 spiro atoms. The van der Waals surface area contributed by atoms with Crippen molar-refractivity contribution in [2.75, 3.05) is 44.2 Å². The first-order valence-corrected chi connectivity index (χ1v) is 16.7. The molecule has 6 rings (SSSR count). The fourth-order valence-electron chi connectivity index (χ4n) is 6.73. The third kappa shape index (κ3) is 7.92. The zero-order chi connectivity index (χ0) is 34.5. The number of amides is 3. The number of para-hydroxylation sites is 1. The van der Waals surface area contributed by atoms with Crippen molar-refractivity contribution in [3.63, 3.8) is 0 Å². The summed E-state index contributed by atoms with van der Waals surface area (Å²) >= 11 is 0. The van der Waals surface area contributed by atoms with Crippen LogP contribution in [0.4, 0.5) is 5.69 Å².